The average molecular weight is 370 g/mol. The van der Waals surface area contributed by atoms with Crippen LogP contribution in [0, 0.1) is 10.1 Å². The highest BCUT2D eigenvalue weighted by Gasteiger charge is 2.38. The minimum Gasteiger partial charge on any atom is -0.329 e. The molecular formula is C12H17Cl2N3O4S. The molecule has 7 nitrogen and oxygen atoms in total. The van der Waals surface area contributed by atoms with E-state index in [-0.39, 0.29) is 24.0 Å². The van der Waals surface area contributed by atoms with Gasteiger partial charge in [0.2, 0.25) is 10.0 Å². The van der Waals surface area contributed by atoms with Gasteiger partial charge in [-0.15, -0.1) is 12.4 Å². The summed E-state index contributed by atoms with van der Waals surface area (Å²) in [6.45, 7) is 0.160. The first-order valence-corrected chi connectivity index (χ1v) is 8.34. The first-order valence-electron chi connectivity index (χ1n) is 6.48. The molecule has 1 saturated carbocycles. The molecule has 1 aliphatic carbocycles. The van der Waals surface area contributed by atoms with Crippen molar-refractivity contribution in [2.24, 2.45) is 5.73 Å². The molecule has 0 aliphatic heterocycles. The molecule has 2 rings (SSSR count). The second kappa shape index (κ2) is 7.10. The van der Waals surface area contributed by atoms with Gasteiger partial charge in [-0.25, -0.2) is 13.1 Å². The van der Waals surface area contributed by atoms with Gasteiger partial charge in [-0.3, -0.25) is 10.1 Å². The van der Waals surface area contributed by atoms with Crippen molar-refractivity contribution < 1.29 is 13.3 Å². The molecule has 0 unspecified atom stereocenters. The quantitative estimate of drug-likeness (QED) is 0.609. The van der Waals surface area contributed by atoms with Crippen LogP contribution in [0.3, 0.4) is 0 Å². The van der Waals surface area contributed by atoms with Crippen molar-refractivity contribution in [1.29, 1.82) is 0 Å². The molecule has 0 heterocycles. The normalized spacial score (nSPS) is 17.0. The molecule has 1 fully saturated rings. The van der Waals surface area contributed by atoms with Crippen molar-refractivity contribution in [2.45, 2.75) is 36.1 Å². The summed E-state index contributed by atoms with van der Waals surface area (Å²) >= 11 is 5.70. The maximum atomic E-state index is 12.5. The number of nitrogens with one attached hydrogen (secondary N) is 1. The zero-order valence-corrected chi connectivity index (χ0v) is 14.0. The smallest absolute Gasteiger partial charge is 0.290 e. The molecule has 1 aromatic carbocycles. The van der Waals surface area contributed by atoms with E-state index in [0.717, 1.165) is 25.0 Å². The first kappa shape index (κ1) is 19.1. The number of nitro groups is 1. The highest BCUT2D eigenvalue weighted by molar-refractivity contribution is 7.89. The van der Waals surface area contributed by atoms with E-state index in [4.69, 9.17) is 17.3 Å². The van der Waals surface area contributed by atoms with E-state index < -0.39 is 31.1 Å². The van der Waals surface area contributed by atoms with Crippen molar-refractivity contribution >= 4 is 39.7 Å². The third-order valence-corrected chi connectivity index (χ3v) is 5.57. The number of rotatable bonds is 5. The van der Waals surface area contributed by atoms with Gasteiger partial charge in [0.15, 0.2) is 4.90 Å². The van der Waals surface area contributed by atoms with Crippen LogP contribution >= 0.6 is 24.0 Å². The van der Waals surface area contributed by atoms with Crippen LogP contribution in [0.25, 0.3) is 0 Å². The van der Waals surface area contributed by atoms with Crippen LogP contribution in [0.5, 0.6) is 0 Å². The zero-order chi connectivity index (χ0) is 15.7. The van der Waals surface area contributed by atoms with Crippen LogP contribution in [0.2, 0.25) is 5.02 Å². The number of nitrogens with zero attached hydrogens (tertiary/aromatic N) is 1. The summed E-state index contributed by atoms with van der Waals surface area (Å²) in [5.74, 6) is 0. The minimum absolute atomic E-state index is 0. The average Bonchev–Trinajstić information content (AvgIpc) is 2.86. The summed E-state index contributed by atoms with van der Waals surface area (Å²) in [6.07, 6.45) is 3.01. The van der Waals surface area contributed by atoms with Crippen LogP contribution in [0.1, 0.15) is 25.7 Å². The van der Waals surface area contributed by atoms with Crippen molar-refractivity contribution in [3.63, 3.8) is 0 Å². The Kier molecular flexibility index (Phi) is 6.17. The topological polar surface area (TPSA) is 115 Å². The predicted octanol–water partition coefficient (Wildman–Crippen LogP) is 2.22. The Labute approximate surface area is 139 Å². The molecule has 0 amide bonds. The fourth-order valence-electron chi connectivity index (χ4n) is 2.60. The molecule has 0 saturated heterocycles. The first-order chi connectivity index (χ1) is 9.80. The van der Waals surface area contributed by atoms with E-state index >= 15 is 0 Å². The second-order valence-electron chi connectivity index (χ2n) is 5.17. The molecule has 0 atom stereocenters. The van der Waals surface area contributed by atoms with Crippen LogP contribution in [-0.4, -0.2) is 25.4 Å². The SMILES string of the molecule is Cl.NCC1(NS(=O)(=O)c2ccc(Cl)cc2[N+](=O)[O-])CCCC1. The van der Waals surface area contributed by atoms with E-state index in [0.29, 0.717) is 12.8 Å². The zero-order valence-electron chi connectivity index (χ0n) is 11.6. The van der Waals surface area contributed by atoms with Gasteiger partial charge in [-0.1, -0.05) is 24.4 Å². The van der Waals surface area contributed by atoms with Gasteiger partial charge in [-0.2, -0.15) is 0 Å². The molecular weight excluding hydrogens is 353 g/mol. The number of hydrogen-bond acceptors (Lipinski definition) is 5. The lowest BCUT2D eigenvalue weighted by molar-refractivity contribution is -0.387. The van der Waals surface area contributed by atoms with Crippen LogP contribution in [-0.2, 0) is 10.0 Å². The third-order valence-electron chi connectivity index (χ3n) is 3.71. The molecule has 1 aliphatic rings. The number of sulfonamides is 1. The van der Waals surface area contributed by atoms with Gasteiger partial charge in [0.1, 0.15) is 0 Å². The maximum Gasteiger partial charge on any atom is 0.290 e. The fraction of sp³-hybridized carbons (Fsp3) is 0.500. The van der Waals surface area contributed by atoms with E-state index in [2.05, 4.69) is 4.72 Å². The molecule has 0 aromatic heterocycles. The summed E-state index contributed by atoms with van der Waals surface area (Å²) < 4.78 is 27.5. The monoisotopic (exact) mass is 369 g/mol. The molecule has 22 heavy (non-hydrogen) atoms. The largest absolute Gasteiger partial charge is 0.329 e. The van der Waals surface area contributed by atoms with Gasteiger partial charge in [0, 0.05) is 23.2 Å². The minimum atomic E-state index is -4.04. The van der Waals surface area contributed by atoms with Crippen molar-refractivity contribution in [3.8, 4) is 0 Å². The van der Waals surface area contributed by atoms with E-state index in [1.165, 1.54) is 6.07 Å². The van der Waals surface area contributed by atoms with E-state index in [1.807, 2.05) is 0 Å². The Morgan fingerprint density at radius 2 is 1.95 bits per heavy atom. The third kappa shape index (κ3) is 3.88. The van der Waals surface area contributed by atoms with Crippen LogP contribution < -0.4 is 10.5 Å². The predicted molar refractivity (Wildman–Crippen MR) is 85.9 cm³/mol. The van der Waals surface area contributed by atoms with Crippen LogP contribution in [0.15, 0.2) is 23.1 Å². The van der Waals surface area contributed by atoms with Gasteiger partial charge in [0.25, 0.3) is 5.69 Å². The molecule has 0 spiro atoms. The van der Waals surface area contributed by atoms with Crippen molar-refractivity contribution in [1.82, 2.24) is 4.72 Å². The molecule has 1 aromatic rings. The highest BCUT2D eigenvalue weighted by atomic mass is 35.5. The number of halogens is 2. The highest BCUT2D eigenvalue weighted by Crippen LogP contribution is 2.33. The maximum absolute atomic E-state index is 12.5. The van der Waals surface area contributed by atoms with Gasteiger partial charge in [-0.05, 0) is 25.0 Å². The van der Waals surface area contributed by atoms with Crippen LogP contribution in [0.4, 0.5) is 5.69 Å². The Bertz CT molecular complexity index is 660. The van der Waals surface area contributed by atoms with E-state index in [1.54, 1.807) is 0 Å². The van der Waals surface area contributed by atoms with Gasteiger partial charge >= 0.3 is 0 Å². The van der Waals surface area contributed by atoms with Gasteiger partial charge < -0.3 is 5.73 Å². The van der Waals surface area contributed by atoms with Crippen molar-refractivity contribution in [3.05, 3.63) is 33.3 Å². The Morgan fingerprint density at radius 1 is 1.36 bits per heavy atom. The number of nitrogens with two attached hydrogens (primary N) is 1. The molecule has 0 radical (unpaired) electrons. The molecule has 10 heteroatoms. The number of benzene rings is 1. The van der Waals surface area contributed by atoms with Gasteiger partial charge in [0.05, 0.1) is 4.92 Å². The Balaban J connectivity index is 0.00000242. The Hall–Kier alpha value is -0.930. The summed E-state index contributed by atoms with van der Waals surface area (Å²) in [5, 5.41) is 11.1. The van der Waals surface area contributed by atoms with Crippen molar-refractivity contribution in [2.75, 3.05) is 6.54 Å². The molecule has 3 N–H and O–H groups in total. The lowest BCUT2D eigenvalue weighted by Crippen LogP contribution is -2.51. The summed E-state index contributed by atoms with van der Waals surface area (Å²) in [4.78, 5) is 9.89. The molecule has 124 valence electrons. The summed E-state index contributed by atoms with van der Waals surface area (Å²) in [5.41, 5.74) is 4.44. The summed E-state index contributed by atoms with van der Waals surface area (Å²) in [7, 11) is -4.04. The van der Waals surface area contributed by atoms with E-state index in [9.17, 15) is 18.5 Å². The standard InChI is InChI=1S/C12H16ClN3O4S.ClH/c13-9-3-4-11(10(7-9)16(17)18)21(19,20)15-12(8-14)5-1-2-6-12;/h3-4,7,15H,1-2,5-6,8,14H2;1H. The lowest BCUT2D eigenvalue weighted by Gasteiger charge is -2.28. The second-order valence-corrected chi connectivity index (χ2v) is 7.25. The number of hydrogen-bond donors (Lipinski definition) is 2. The lowest BCUT2D eigenvalue weighted by atomic mass is 10.0. The Morgan fingerprint density at radius 3 is 2.45 bits per heavy atom. The fourth-order valence-corrected chi connectivity index (χ4v) is 4.39. The number of nitro benzene ring substituents is 1. The summed E-state index contributed by atoms with van der Waals surface area (Å²) in [6, 6.07) is 3.48. The molecule has 0 bridgehead atoms.